The molecule has 3 aromatic rings. The molecule has 0 radical (unpaired) electrons. The zero-order valence-corrected chi connectivity index (χ0v) is 22.6. The molecule has 3 aromatic carbocycles. The molecule has 0 spiro atoms. The average Bonchev–Trinajstić information content (AvgIpc) is 2.89. The molecule has 1 aliphatic heterocycles. The number of esters is 1. The summed E-state index contributed by atoms with van der Waals surface area (Å²) in [6.45, 7) is 1.80. The van der Waals surface area contributed by atoms with Crippen molar-refractivity contribution in [1.82, 2.24) is 5.32 Å². The number of benzene rings is 3. The van der Waals surface area contributed by atoms with Crippen molar-refractivity contribution in [1.29, 1.82) is 0 Å². The first-order chi connectivity index (χ1) is 18.4. The lowest BCUT2D eigenvalue weighted by atomic mass is 10.1. The molecule has 10 nitrogen and oxygen atoms in total. The van der Waals surface area contributed by atoms with Gasteiger partial charge < -0.3 is 8.92 Å². The second-order valence-electron chi connectivity index (χ2n) is 8.16. The van der Waals surface area contributed by atoms with Gasteiger partial charge in [-0.05, 0) is 67.1 Å². The fraction of sp³-hybridized carbons (Fsp3) is 0.0769. The van der Waals surface area contributed by atoms with E-state index in [9.17, 15) is 27.6 Å². The van der Waals surface area contributed by atoms with Crippen molar-refractivity contribution < 1.29 is 36.5 Å². The number of aryl methyl sites for hydroxylation is 1. The van der Waals surface area contributed by atoms with Crippen LogP contribution < -0.4 is 14.4 Å². The number of ether oxygens (including phenoxy) is 1. The number of halogens is 2. The van der Waals surface area contributed by atoms with Gasteiger partial charge in [-0.2, -0.15) is 8.42 Å². The first-order valence-corrected chi connectivity index (χ1v) is 13.2. The Hall–Kier alpha value is -4.19. The van der Waals surface area contributed by atoms with Gasteiger partial charge in [0.15, 0.2) is 5.75 Å². The number of rotatable bonds is 6. The number of nitrogens with one attached hydrogen (secondary N) is 1. The molecule has 4 rings (SSSR count). The fourth-order valence-electron chi connectivity index (χ4n) is 3.53. The summed E-state index contributed by atoms with van der Waals surface area (Å²) in [4.78, 5) is 50.4. The van der Waals surface area contributed by atoms with Gasteiger partial charge >= 0.3 is 22.1 Å². The van der Waals surface area contributed by atoms with Crippen molar-refractivity contribution in [2.45, 2.75) is 11.8 Å². The first kappa shape index (κ1) is 27.8. The van der Waals surface area contributed by atoms with E-state index in [1.54, 1.807) is 19.1 Å². The summed E-state index contributed by atoms with van der Waals surface area (Å²) in [5, 5.41) is 1.65. The minimum absolute atomic E-state index is 0.0877. The minimum atomic E-state index is -4.26. The predicted molar refractivity (Wildman–Crippen MR) is 142 cm³/mol. The van der Waals surface area contributed by atoms with Gasteiger partial charge in [-0.15, -0.1) is 0 Å². The van der Waals surface area contributed by atoms with Crippen LogP contribution in [0.2, 0.25) is 10.0 Å². The number of methoxy groups -OCH3 is 1. The molecule has 200 valence electrons. The van der Waals surface area contributed by atoms with Gasteiger partial charge in [0, 0.05) is 0 Å². The van der Waals surface area contributed by atoms with E-state index < -0.39 is 39.5 Å². The number of amides is 4. The maximum absolute atomic E-state index is 13.1. The van der Waals surface area contributed by atoms with Crippen LogP contribution in [-0.4, -0.2) is 39.3 Å². The Morgan fingerprint density at radius 3 is 2.10 bits per heavy atom. The highest BCUT2D eigenvalue weighted by Gasteiger charge is 2.37. The van der Waals surface area contributed by atoms with Gasteiger partial charge in [-0.25, -0.2) is 14.5 Å². The SMILES string of the molecule is COC(=O)c1ccc(N2C(=O)NC(=O)/C(=C\c3cc(Cl)c(OS(=O)(=O)c4ccc(C)cc4)c(Cl)c3)C2=O)cc1. The Balaban J connectivity index is 1.64. The van der Waals surface area contributed by atoms with Gasteiger partial charge in [0.1, 0.15) is 10.5 Å². The summed E-state index contributed by atoms with van der Waals surface area (Å²) in [7, 11) is -3.05. The quantitative estimate of drug-likeness (QED) is 0.192. The van der Waals surface area contributed by atoms with Crippen LogP contribution in [0.1, 0.15) is 21.5 Å². The molecule has 13 heteroatoms. The lowest BCUT2D eigenvalue weighted by Gasteiger charge is -2.26. The number of carbonyl (C=O) groups is 4. The molecule has 0 saturated carbocycles. The van der Waals surface area contributed by atoms with E-state index in [-0.39, 0.29) is 37.5 Å². The van der Waals surface area contributed by atoms with E-state index in [1.807, 2.05) is 0 Å². The van der Waals surface area contributed by atoms with Gasteiger partial charge in [-0.1, -0.05) is 40.9 Å². The van der Waals surface area contributed by atoms with Crippen molar-refractivity contribution in [3.63, 3.8) is 0 Å². The van der Waals surface area contributed by atoms with Crippen molar-refractivity contribution in [2.24, 2.45) is 0 Å². The summed E-state index contributed by atoms with van der Waals surface area (Å²) < 4.78 is 35.1. The molecule has 0 bridgehead atoms. The second kappa shape index (κ2) is 10.9. The van der Waals surface area contributed by atoms with Crippen molar-refractivity contribution >= 4 is 68.9 Å². The molecule has 0 aliphatic carbocycles. The molecule has 1 aliphatic rings. The Morgan fingerprint density at radius 2 is 1.54 bits per heavy atom. The Morgan fingerprint density at radius 1 is 0.949 bits per heavy atom. The molecule has 1 fully saturated rings. The highest BCUT2D eigenvalue weighted by molar-refractivity contribution is 7.87. The summed E-state index contributed by atoms with van der Waals surface area (Å²) in [6.07, 6.45) is 1.13. The topological polar surface area (TPSA) is 136 Å². The number of imide groups is 2. The van der Waals surface area contributed by atoms with Crippen LogP contribution in [0.4, 0.5) is 10.5 Å². The molecule has 1 saturated heterocycles. The minimum Gasteiger partial charge on any atom is -0.465 e. The van der Waals surface area contributed by atoms with Crippen LogP contribution >= 0.6 is 23.2 Å². The molecule has 4 amide bonds. The second-order valence-corrected chi connectivity index (χ2v) is 10.5. The molecule has 1 N–H and O–H groups in total. The molecular formula is C26H18Cl2N2O8S. The molecular weight excluding hydrogens is 571 g/mol. The standard InChI is InChI=1S/C26H18Cl2N2O8S/c1-14-3-9-18(10-4-14)39(35,36)38-22-20(27)12-15(13-21(22)28)11-19-23(31)29-26(34)30(24(19)32)17-7-5-16(6-8-17)25(33)37-2/h3-13H,1-2H3,(H,29,31,34)/b19-11+. The monoisotopic (exact) mass is 588 g/mol. The molecule has 0 aromatic heterocycles. The zero-order chi connectivity index (χ0) is 28.5. The van der Waals surface area contributed by atoms with E-state index in [0.29, 0.717) is 4.90 Å². The van der Waals surface area contributed by atoms with Crippen LogP contribution in [0, 0.1) is 6.92 Å². The summed E-state index contributed by atoms with van der Waals surface area (Å²) in [5.74, 6) is -2.88. The van der Waals surface area contributed by atoms with Gasteiger partial charge in [0.25, 0.3) is 11.8 Å². The highest BCUT2D eigenvalue weighted by Crippen LogP contribution is 2.37. The van der Waals surface area contributed by atoms with Crippen LogP contribution in [0.3, 0.4) is 0 Å². The van der Waals surface area contributed by atoms with Crippen molar-refractivity contribution in [3.05, 3.63) is 93.0 Å². The van der Waals surface area contributed by atoms with Gasteiger partial charge in [-0.3, -0.25) is 14.9 Å². The third kappa shape index (κ3) is 5.80. The number of anilines is 1. The van der Waals surface area contributed by atoms with Gasteiger partial charge in [0.05, 0.1) is 28.4 Å². The van der Waals surface area contributed by atoms with E-state index in [4.69, 9.17) is 27.4 Å². The van der Waals surface area contributed by atoms with E-state index in [1.165, 1.54) is 55.6 Å². The highest BCUT2D eigenvalue weighted by atomic mass is 35.5. The molecule has 0 unspecified atom stereocenters. The normalized spacial score (nSPS) is 14.8. The lowest BCUT2D eigenvalue weighted by Crippen LogP contribution is -2.54. The summed E-state index contributed by atoms with van der Waals surface area (Å²) in [5.41, 5.74) is 0.847. The Labute approximate surface area is 232 Å². The van der Waals surface area contributed by atoms with E-state index >= 15 is 0 Å². The summed E-state index contributed by atoms with van der Waals surface area (Å²) in [6, 6.07) is 12.8. The predicted octanol–water partition coefficient (Wildman–Crippen LogP) is 4.52. The number of hydrogen-bond donors (Lipinski definition) is 1. The number of barbiturate groups is 1. The van der Waals surface area contributed by atoms with Crippen LogP contribution in [-0.2, 0) is 24.4 Å². The number of nitrogens with zero attached hydrogens (tertiary/aromatic N) is 1. The molecule has 39 heavy (non-hydrogen) atoms. The van der Waals surface area contributed by atoms with Crippen molar-refractivity contribution in [3.8, 4) is 5.75 Å². The van der Waals surface area contributed by atoms with E-state index in [0.717, 1.165) is 11.6 Å². The third-order valence-corrected chi connectivity index (χ3v) is 7.28. The van der Waals surface area contributed by atoms with E-state index in [2.05, 4.69) is 10.1 Å². The number of hydrogen-bond acceptors (Lipinski definition) is 8. The first-order valence-electron chi connectivity index (χ1n) is 11.0. The third-order valence-electron chi connectivity index (χ3n) is 5.48. The smallest absolute Gasteiger partial charge is 0.339 e. The van der Waals surface area contributed by atoms with Crippen LogP contribution in [0.5, 0.6) is 5.75 Å². The maximum atomic E-state index is 13.1. The maximum Gasteiger partial charge on any atom is 0.339 e. The van der Waals surface area contributed by atoms with Crippen molar-refractivity contribution in [2.75, 3.05) is 12.0 Å². The van der Waals surface area contributed by atoms with Crippen LogP contribution in [0.25, 0.3) is 6.08 Å². The average molecular weight is 589 g/mol. The Bertz CT molecular complexity index is 1630. The molecule has 1 heterocycles. The summed E-state index contributed by atoms with van der Waals surface area (Å²) >= 11 is 12.5. The molecule has 0 atom stereocenters. The van der Waals surface area contributed by atoms with Gasteiger partial charge in [0.2, 0.25) is 0 Å². The number of carbonyl (C=O) groups excluding carboxylic acids is 4. The lowest BCUT2D eigenvalue weighted by molar-refractivity contribution is -0.122. The largest absolute Gasteiger partial charge is 0.465 e. The Kier molecular flexibility index (Phi) is 7.77. The van der Waals surface area contributed by atoms with Crippen LogP contribution in [0.15, 0.2) is 71.1 Å². The number of urea groups is 1. The fourth-order valence-corrected chi connectivity index (χ4v) is 5.17. The zero-order valence-electron chi connectivity index (χ0n) is 20.2.